The zero-order valence-electron chi connectivity index (χ0n) is 3.44. The molecule has 4 heteroatoms. The summed E-state index contributed by atoms with van der Waals surface area (Å²) in [6.45, 7) is 0. The quantitative estimate of drug-likeness (QED) is 0.572. The van der Waals surface area contributed by atoms with E-state index in [1.165, 1.54) is 0 Å². The molecular weight excluding hydrogens is 207 g/mol. The maximum atomic E-state index is 10.2. The van der Waals surface area contributed by atoms with Gasteiger partial charge in [0.25, 0.3) is 0 Å². The molecule has 7 heavy (non-hydrogen) atoms. The van der Waals surface area contributed by atoms with Crippen LogP contribution in [0.3, 0.4) is 0 Å². The molecule has 0 aromatic carbocycles. The molecule has 0 bridgehead atoms. The Bertz CT molecular complexity index is 131. The van der Waals surface area contributed by atoms with Crippen molar-refractivity contribution in [3.05, 3.63) is 0 Å². The predicted octanol–water partition coefficient (Wildman–Crippen LogP) is 0.255. The zero-order chi connectivity index (χ0) is 5.28. The first-order chi connectivity index (χ1) is 3.29. The SMILES string of the molecule is O=C1CC(I)=NN1. The molecule has 0 radical (unpaired) electrons. The molecule has 0 atom stereocenters. The van der Waals surface area contributed by atoms with E-state index in [2.05, 4.69) is 10.5 Å². The number of nitrogens with zero attached hydrogens (tertiary/aromatic N) is 1. The molecule has 1 rings (SSSR count). The average molecular weight is 210 g/mol. The molecule has 0 saturated heterocycles. The van der Waals surface area contributed by atoms with Gasteiger partial charge in [0, 0.05) is 0 Å². The number of nitrogens with one attached hydrogen (secondary N) is 1. The van der Waals surface area contributed by atoms with Gasteiger partial charge in [0.2, 0.25) is 5.91 Å². The first-order valence-corrected chi connectivity index (χ1v) is 2.88. The fourth-order valence-electron chi connectivity index (χ4n) is 0.335. The summed E-state index contributed by atoms with van der Waals surface area (Å²) in [5.74, 6) is -0.00981. The molecular formula is C3H3IN2O. The number of rotatable bonds is 0. The summed E-state index contributed by atoms with van der Waals surface area (Å²) < 4.78 is 0.836. The van der Waals surface area contributed by atoms with Gasteiger partial charge < -0.3 is 0 Å². The van der Waals surface area contributed by atoms with Gasteiger partial charge in [-0.15, -0.1) is 0 Å². The third kappa shape index (κ3) is 1.12. The molecule has 0 fully saturated rings. The highest BCUT2D eigenvalue weighted by atomic mass is 127. The van der Waals surface area contributed by atoms with Crippen LogP contribution in [0.1, 0.15) is 6.42 Å². The van der Waals surface area contributed by atoms with E-state index < -0.39 is 0 Å². The first-order valence-electron chi connectivity index (χ1n) is 1.80. The van der Waals surface area contributed by atoms with Crippen molar-refractivity contribution in [1.82, 2.24) is 5.43 Å². The second-order valence-electron chi connectivity index (χ2n) is 1.20. The van der Waals surface area contributed by atoms with Crippen LogP contribution in [0.2, 0.25) is 0 Å². The standard InChI is InChI=1S/C3H3IN2O/c4-2-1-3(7)6-5-2/h1H2,(H,6,7). The monoisotopic (exact) mass is 210 g/mol. The van der Waals surface area contributed by atoms with Crippen LogP contribution < -0.4 is 5.43 Å². The van der Waals surface area contributed by atoms with E-state index in [-0.39, 0.29) is 5.91 Å². The molecule has 1 heterocycles. The summed E-state index contributed by atoms with van der Waals surface area (Å²) in [5, 5.41) is 3.62. The number of carbonyl (C=O) groups excluding carboxylic acids is 1. The van der Waals surface area contributed by atoms with Crippen LogP contribution in [0.25, 0.3) is 0 Å². The van der Waals surface area contributed by atoms with E-state index >= 15 is 0 Å². The Morgan fingerprint density at radius 2 is 2.57 bits per heavy atom. The van der Waals surface area contributed by atoms with Crippen molar-refractivity contribution < 1.29 is 4.79 Å². The van der Waals surface area contributed by atoms with Gasteiger partial charge in [0.1, 0.15) is 3.72 Å². The topological polar surface area (TPSA) is 41.5 Å². The van der Waals surface area contributed by atoms with Gasteiger partial charge in [-0.2, -0.15) is 5.10 Å². The Morgan fingerprint density at radius 3 is 2.71 bits per heavy atom. The third-order valence-corrected chi connectivity index (χ3v) is 1.23. The number of hydrogen-bond donors (Lipinski definition) is 1. The Hall–Kier alpha value is -0.130. The van der Waals surface area contributed by atoms with Crippen LogP contribution in [-0.2, 0) is 4.79 Å². The Labute approximate surface area is 54.3 Å². The van der Waals surface area contributed by atoms with Gasteiger partial charge in [-0.25, -0.2) is 5.43 Å². The smallest absolute Gasteiger partial charge is 0.246 e. The molecule has 0 aromatic heterocycles. The largest absolute Gasteiger partial charge is 0.273 e. The molecule has 1 aliphatic heterocycles. The van der Waals surface area contributed by atoms with E-state index in [0.717, 1.165) is 3.72 Å². The molecule has 0 aromatic rings. The van der Waals surface area contributed by atoms with Crippen molar-refractivity contribution >= 4 is 32.2 Å². The highest BCUT2D eigenvalue weighted by molar-refractivity contribution is 14.1. The van der Waals surface area contributed by atoms with Crippen LogP contribution in [0, 0.1) is 0 Å². The number of amides is 1. The molecule has 1 N–H and O–H groups in total. The van der Waals surface area contributed by atoms with Crippen molar-refractivity contribution in [2.24, 2.45) is 5.10 Å². The van der Waals surface area contributed by atoms with Crippen molar-refractivity contribution in [1.29, 1.82) is 0 Å². The molecule has 0 aliphatic carbocycles. The molecule has 0 saturated carbocycles. The maximum absolute atomic E-state index is 10.2. The second kappa shape index (κ2) is 1.77. The number of halogens is 1. The van der Waals surface area contributed by atoms with E-state index in [1.54, 1.807) is 0 Å². The molecule has 3 nitrogen and oxygen atoms in total. The lowest BCUT2D eigenvalue weighted by Gasteiger charge is -1.76. The van der Waals surface area contributed by atoms with Gasteiger partial charge >= 0.3 is 0 Å². The Kier molecular flexibility index (Phi) is 1.27. The summed E-state index contributed by atoms with van der Waals surface area (Å²) in [7, 11) is 0. The van der Waals surface area contributed by atoms with Gasteiger partial charge in [-0.05, 0) is 22.6 Å². The fourth-order valence-corrected chi connectivity index (χ4v) is 0.802. The normalized spacial score (nSPS) is 19.0. The van der Waals surface area contributed by atoms with Gasteiger partial charge in [0.05, 0.1) is 6.42 Å². The van der Waals surface area contributed by atoms with Crippen molar-refractivity contribution in [3.63, 3.8) is 0 Å². The van der Waals surface area contributed by atoms with Crippen LogP contribution in [-0.4, -0.2) is 9.63 Å². The highest BCUT2D eigenvalue weighted by Crippen LogP contribution is 2.00. The van der Waals surface area contributed by atoms with Crippen LogP contribution in [0.5, 0.6) is 0 Å². The number of hydrazone groups is 1. The fraction of sp³-hybridized carbons (Fsp3) is 0.333. The summed E-state index contributed by atoms with van der Waals surface area (Å²) >= 11 is 2.01. The molecule has 1 aliphatic rings. The lowest BCUT2D eigenvalue weighted by atomic mass is 10.5. The summed E-state index contributed by atoms with van der Waals surface area (Å²) in [6.07, 6.45) is 0.459. The minimum absolute atomic E-state index is 0.00981. The van der Waals surface area contributed by atoms with Gasteiger partial charge in [0.15, 0.2) is 0 Å². The van der Waals surface area contributed by atoms with E-state index in [9.17, 15) is 4.79 Å². The third-order valence-electron chi connectivity index (χ3n) is 0.608. The highest BCUT2D eigenvalue weighted by Gasteiger charge is 2.09. The van der Waals surface area contributed by atoms with E-state index in [4.69, 9.17) is 0 Å². The number of hydrogen-bond acceptors (Lipinski definition) is 2. The van der Waals surface area contributed by atoms with E-state index in [1.807, 2.05) is 22.6 Å². The van der Waals surface area contributed by atoms with Crippen LogP contribution >= 0.6 is 22.6 Å². The van der Waals surface area contributed by atoms with Crippen LogP contribution in [0.15, 0.2) is 5.10 Å². The zero-order valence-corrected chi connectivity index (χ0v) is 5.60. The van der Waals surface area contributed by atoms with Gasteiger partial charge in [-0.3, -0.25) is 4.79 Å². The number of carbonyl (C=O) groups is 1. The minimum Gasteiger partial charge on any atom is -0.273 e. The molecule has 0 unspecified atom stereocenters. The lowest BCUT2D eigenvalue weighted by molar-refractivity contribution is -0.119. The lowest BCUT2D eigenvalue weighted by Crippen LogP contribution is -2.08. The summed E-state index contributed by atoms with van der Waals surface area (Å²) in [5.41, 5.74) is 2.31. The van der Waals surface area contributed by atoms with Gasteiger partial charge in [-0.1, -0.05) is 0 Å². The minimum atomic E-state index is -0.00981. The summed E-state index contributed by atoms with van der Waals surface area (Å²) in [4.78, 5) is 10.2. The molecule has 38 valence electrons. The average Bonchev–Trinajstić information content (AvgIpc) is 1.87. The maximum Gasteiger partial charge on any atom is 0.246 e. The molecule has 0 spiro atoms. The first kappa shape index (κ1) is 5.02. The van der Waals surface area contributed by atoms with Crippen molar-refractivity contribution in [3.8, 4) is 0 Å². The predicted molar refractivity (Wildman–Crippen MR) is 34.2 cm³/mol. The Balaban J connectivity index is 2.58. The van der Waals surface area contributed by atoms with E-state index in [0.29, 0.717) is 6.42 Å². The van der Waals surface area contributed by atoms with Crippen molar-refractivity contribution in [2.45, 2.75) is 6.42 Å². The van der Waals surface area contributed by atoms with Crippen LogP contribution in [0.4, 0.5) is 0 Å². The molecule has 1 amide bonds. The second-order valence-corrected chi connectivity index (χ2v) is 2.45. The van der Waals surface area contributed by atoms with Crippen molar-refractivity contribution in [2.75, 3.05) is 0 Å². The summed E-state index contributed by atoms with van der Waals surface area (Å²) in [6, 6.07) is 0. The Morgan fingerprint density at radius 1 is 1.86 bits per heavy atom.